The van der Waals surface area contributed by atoms with Crippen molar-refractivity contribution in [1.29, 1.82) is 0 Å². The van der Waals surface area contributed by atoms with Crippen LogP contribution in [0.25, 0.3) is 5.65 Å². The second-order valence-electron chi connectivity index (χ2n) is 5.73. The molecule has 114 valence electrons. The molecule has 6 nitrogen and oxygen atoms in total. The Kier molecular flexibility index (Phi) is 4.07. The molecule has 1 saturated heterocycles. The van der Waals surface area contributed by atoms with E-state index in [1.165, 1.54) is 0 Å². The van der Waals surface area contributed by atoms with E-state index in [-0.39, 0.29) is 0 Å². The quantitative estimate of drug-likeness (QED) is 0.846. The van der Waals surface area contributed by atoms with Gasteiger partial charge in [0, 0.05) is 50.6 Å². The highest BCUT2D eigenvalue weighted by molar-refractivity contribution is 5.50. The number of hydrogen-bond donors (Lipinski definition) is 0. The average molecular weight is 289 g/mol. The lowest BCUT2D eigenvalue weighted by atomic mass is 10.2. The molecule has 0 aromatic carbocycles. The third-order valence-corrected chi connectivity index (χ3v) is 4.07. The van der Waals surface area contributed by atoms with Crippen LogP contribution in [-0.4, -0.2) is 65.4 Å². The summed E-state index contributed by atoms with van der Waals surface area (Å²) in [5.74, 6) is 1.09. The molecule has 1 aliphatic rings. The molecule has 1 fully saturated rings. The van der Waals surface area contributed by atoms with Crippen molar-refractivity contribution in [3.8, 4) is 0 Å². The SMILES string of the molecule is Cc1cc(N(C)CC(C)N2CCOCC2)n2nccc2n1. The highest BCUT2D eigenvalue weighted by Gasteiger charge is 2.19. The van der Waals surface area contributed by atoms with Gasteiger partial charge in [-0.25, -0.2) is 4.98 Å². The topological polar surface area (TPSA) is 45.9 Å². The predicted molar refractivity (Wildman–Crippen MR) is 82.8 cm³/mol. The van der Waals surface area contributed by atoms with E-state index in [0.717, 1.165) is 50.0 Å². The maximum Gasteiger partial charge on any atom is 0.157 e. The summed E-state index contributed by atoms with van der Waals surface area (Å²) < 4.78 is 7.33. The Labute approximate surface area is 125 Å². The van der Waals surface area contributed by atoms with Crippen molar-refractivity contribution < 1.29 is 4.74 Å². The number of aryl methyl sites for hydroxylation is 1. The fourth-order valence-electron chi connectivity index (χ4n) is 2.91. The number of morpholine rings is 1. The van der Waals surface area contributed by atoms with E-state index < -0.39 is 0 Å². The first-order valence-corrected chi connectivity index (χ1v) is 7.49. The van der Waals surface area contributed by atoms with Crippen LogP contribution in [0.2, 0.25) is 0 Å². The van der Waals surface area contributed by atoms with Gasteiger partial charge >= 0.3 is 0 Å². The third kappa shape index (κ3) is 3.01. The number of anilines is 1. The maximum absolute atomic E-state index is 5.42. The van der Waals surface area contributed by atoms with Crippen molar-refractivity contribution in [3.63, 3.8) is 0 Å². The average Bonchev–Trinajstić information content (AvgIpc) is 2.95. The van der Waals surface area contributed by atoms with Crippen LogP contribution >= 0.6 is 0 Å². The van der Waals surface area contributed by atoms with Crippen molar-refractivity contribution in [2.45, 2.75) is 19.9 Å². The number of ether oxygens (including phenoxy) is 1. The summed E-state index contributed by atoms with van der Waals surface area (Å²) in [6.07, 6.45) is 1.80. The second-order valence-corrected chi connectivity index (χ2v) is 5.73. The minimum atomic E-state index is 0.484. The zero-order valence-corrected chi connectivity index (χ0v) is 13.0. The molecular weight excluding hydrogens is 266 g/mol. The molecule has 0 radical (unpaired) electrons. The molecule has 0 spiro atoms. The van der Waals surface area contributed by atoms with Gasteiger partial charge in [-0.1, -0.05) is 0 Å². The summed E-state index contributed by atoms with van der Waals surface area (Å²) in [4.78, 5) is 9.23. The summed E-state index contributed by atoms with van der Waals surface area (Å²) >= 11 is 0. The molecule has 21 heavy (non-hydrogen) atoms. The van der Waals surface area contributed by atoms with E-state index in [1.54, 1.807) is 6.20 Å². The Morgan fingerprint density at radius 1 is 1.38 bits per heavy atom. The smallest absolute Gasteiger partial charge is 0.157 e. The van der Waals surface area contributed by atoms with Crippen molar-refractivity contribution in [1.82, 2.24) is 19.5 Å². The van der Waals surface area contributed by atoms with Gasteiger partial charge in [-0.3, -0.25) is 4.90 Å². The molecule has 3 heterocycles. The molecule has 0 bridgehead atoms. The molecule has 2 aromatic rings. The molecule has 1 aliphatic heterocycles. The van der Waals surface area contributed by atoms with Gasteiger partial charge in [0.1, 0.15) is 5.82 Å². The Morgan fingerprint density at radius 2 is 2.14 bits per heavy atom. The van der Waals surface area contributed by atoms with E-state index >= 15 is 0 Å². The third-order valence-electron chi connectivity index (χ3n) is 4.07. The second kappa shape index (κ2) is 5.99. The standard InChI is InChI=1S/C15H23N5O/c1-12-10-15(20-14(17-12)4-5-16-20)18(3)11-13(2)19-6-8-21-9-7-19/h4-5,10,13H,6-9,11H2,1-3H3. The predicted octanol–water partition coefficient (Wildman–Crippen LogP) is 1.19. The fourth-order valence-corrected chi connectivity index (χ4v) is 2.91. The molecule has 6 heteroatoms. The molecule has 1 unspecified atom stereocenters. The molecule has 0 saturated carbocycles. The monoisotopic (exact) mass is 289 g/mol. The van der Waals surface area contributed by atoms with E-state index in [2.05, 4.69) is 39.9 Å². The first-order valence-electron chi connectivity index (χ1n) is 7.49. The maximum atomic E-state index is 5.42. The first-order chi connectivity index (χ1) is 10.1. The fraction of sp³-hybridized carbons (Fsp3) is 0.600. The number of nitrogens with zero attached hydrogens (tertiary/aromatic N) is 5. The van der Waals surface area contributed by atoms with Crippen LogP contribution in [0.4, 0.5) is 5.82 Å². The molecular formula is C15H23N5O. The number of likely N-dealkylation sites (N-methyl/N-ethyl adjacent to an activating group) is 1. The van der Waals surface area contributed by atoms with Gasteiger partial charge in [0.05, 0.1) is 19.4 Å². The van der Waals surface area contributed by atoms with Crippen LogP contribution in [-0.2, 0) is 4.74 Å². The molecule has 0 amide bonds. The summed E-state index contributed by atoms with van der Waals surface area (Å²) in [6.45, 7) is 8.96. The number of aromatic nitrogens is 3. The summed E-state index contributed by atoms with van der Waals surface area (Å²) in [6, 6.07) is 4.51. The van der Waals surface area contributed by atoms with Crippen LogP contribution < -0.4 is 4.90 Å². The molecule has 0 N–H and O–H groups in total. The van der Waals surface area contributed by atoms with E-state index in [4.69, 9.17) is 4.74 Å². The van der Waals surface area contributed by atoms with Crippen LogP contribution in [0.15, 0.2) is 18.3 Å². The van der Waals surface area contributed by atoms with Crippen LogP contribution in [0, 0.1) is 6.92 Å². The summed E-state index contributed by atoms with van der Waals surface area (Å²) in [7, 11) is 2.12. The van der Waals surface area contributed by atoms with Crippen LogP contribution in [0.5, 0.6) is 0 Å². The normalized spacial score (nSPS) is 18.0. The van der Waals surface area contributed by atoms with Gasteiger partial charge in [-0.2, -0.15) is 9.61 Å². The van der Waals surface area contributed by atoms with Crippen LogP contribution in [0.3, 0.4) is 0 Å². The lowest BCUT2D eigenvalue weighted by Gasteiger charge is -2.35. The van der Waals surface area contributed by atoms with Gasteiger partial charge < -0.3 is 9.64 Å². The van der Waals surface area contributed by atoms with Gasteiger partial charge in [0.15, 0.2) is 5.65 Å². The molecule has 3 rings (SSSR count). The lowest BCUT2D eigenvalue weighted by molar-refractivity contribution is 0.0217. The highest BCUT2D eigenvalue weighted by atomic mass is 16.5. The Hall–Kier alpha value is -1.66. The Morgan fingerprint density at radius 3 is 2.90 bits per heavy atom. The summed E-state index contributed by atoms with van der Waals surface area (Å²) in [5.41, 5.74) is 1.92. The van der Waals surface area contributed by atoms with Gasteiger partial charge in [-0.15, -0.1) is 0 Å². The number of hydrogen-bond acceptors (Lipinski definition) is 5. The van der Waals surface area contributed by atoms with Crippen molar-refractivity contribution in [2.75, 3.05) is 44.8 Å². The van der Waals surface area contributed by atoms with Gasteiger partial charge in [0.25, 0.3) is 0 Å². The largest absolute Gasteiger partial charge is 0.379 e. The zero-order chi connectivity index (χ0) is 14.8. The lowest BCUT2D eigenvalue weighted by Crippen LogP contribution is -2.47. The van der Waals surface area contributed by atoms with E-state index in [9.17, 15) is 0 Å². The molecule has 1 atom stereocenters. The van der Waals surface area contributed by atoms with Crippen molar-refractivity contribution in [3.05, 3.63) is 24.0 Å². The Balaban J connectivity index is 1.77. The molecule has 2 aromatic heterocycles. The highest BCUT2D eigenvalue weighted by Crippen LogP contribution is 2.17. The van der Waals surface area contributed by atoms with Crippen molar-refractivity contribution in [2.24, 2.45) is 0 Å². The van der Waals surface area contributed by atoms with E-state index in [0.29, 0.717) is 6.04 Å². The number of fused-ring (bicyclic) bond motifs is 1. The van der Waals surface area contributed by atoms with E-state index in [1.807, 2.05) is 17.5 Å². The van der Waals surface area contributed by atoms with Crippen molar-refractivity contribution >= 4 is 11.5 Å². The number of rotatable bonds is 4. The first kappa shape index (κ1) is 14.3. The van der Waals surface area contributed by atoms with Crippen LogP contribution in [0.1, 0.15) is 12.6 Å². The minimum absolute atomic E-state index is 0.484. The van der Waals surface area contributed by atoms with Gasteiger partial charge in [0.2, 0.25) is 0 Å². The minimum Gasteiger partial charge on any atom is -0.379 e. The Bertz CT molecular complexity index is 605. The zero-order valence-electron chi connectivity index (χ0n) is 13.0. The molecule has 0 aliphatic carbocycles. The van der Waals surface area contributed by atoms with Gasteiger partial charge in [-0.05, 0) is 13.8 Å². The summed E-state index contributed by atoms with van der Waals surface area (Å²) in [5, 5.41) is 4.38.